The Bertz CT molecular complexity index is 839. The molecule has 0 atom stereocenters. The Morgan fingerprint density at radius 2 is 1.85 bits per heavy atom. The van der Waals surface area contributed by atoms with Crippen LogP contribution in [0.1, 0.15) is 36.0 Å². The van der Waals surface area contributed by atoms with Crippen LogP contribution in [0.5, 0.6) is 0 Å². The minimum Gasteiger partial charge on any atom is -0.351 e. The third kappa shape index (κ3) is 4.43. The summed E-state index contributed by atoms with van der Waals surface area (Å²) in [4.78, 5) is 33.3. The molecule has 2 aromatic rings. The molecule has 1 saturated heterocycles. The summed E-state index contributed by atoms with van der Waals surface area (Å²) < 4.78 is 0. The molecular formula is C17H19ClN6O3. The number of nitro groups is 1. The summed E-state index contributed by atoms with van der Waals surface area (Å²) in [5, 5.41) is 11.9. The van der Waals surface area contributed by atoms with E-state index in [4.69, 9.17) is 11.6 Å². The maximum Gasteiger partial charge on any atom is 0.355 e. The number of nitrogens with one attached hydrogen (secondary N) is 2. The van der Waals surface area contributed by atoms with E-state index in [0.717, 1.165) is 25.7 Å². The Kier molecular flexibility index (Phi) is 6.02. The van der Waals surface area contributed by atoms with Crippen molar-refractivity contribution in [2.24, 2.45) is 0 Å². The van der Waals surface area contributed by atoms with Gasteiger partial charge in [-0.1, -0.05) is 36.6 Å². The quantitative estimate of drug-likeness (QED) is 0.595. The molecule has 0 spiro atoms. The van der Waals surface area contributed by atoms with Gasteiger partial charge in [-0.25, -0.2) is 9.97 Å². The number of hydrogen-bond acceptors (Lipinski definition) is 7. The van der Waals surface area contributed by atoms with Crippen LogP contribution < -0.4 is 15.8 Å². The van der Waals surface area contributed by atoms with E-state index in [1.54, 1.807) is 24.3 Å². The number of halogens is 1. The first kappa shape index (κ1) is 18.8. The van der Waals surface area contributed by atoms with Crippen molar-refractivity contribution in [1.29, 1.82) is 0 Å². The van der Waals surface area contributed by atoms with Crippen LogP contribution in [0.2, 0.25) is 5.02 Å². The van der Waals surface area contributed by atoms with Gasteiger partial charge in [0.25, 0.3) is 5.91 Å². The number of hydrogen-bond donors (Lipinski definition) is 2. The molecule has 1 aliphatic heterocycles. The van der Waals surface area contributed by atoms with Crippen molar-refractivity contribution in [1.82, 2.24) is 15.4 Å². The molecule has 0 radical (unpaired) electrons. The average Bonchev–Trinajstić information content (AvgIpc) is 2.95. The van der Waals surface area contributed by atoms with Crippen molar-refractivity contribution >= 4 is 34.8 Å². The van der Waals surface area contributed by atoms with Crippen LogP contribution in [0, 0.1) is 10.1 Å². The number of rotatable bonds is 5. The molecule has 1 fully saturated rings. The Morgan fingerprint density at radius 3 is 2.52 bits per heavy atom. The molecule has 3 rings (SSSR count). The second-order valence-electron chi connectivity index (χ2n) is 6.11. The number of carbonyl (C=O) groups is 1. The van der Waals surface area contributed by atoms with Crippen molar-refractivity contribution in [2.45, 2.75) is 25.7 Å². The van der Waals surface area contributed by atoms with Crippen molar-refractivity contribution in [3.8, 4) is 0 Å². The zero-order valence-electron chi connectivity index (χ0n) is 14.5. The van der Waals surface area contributed by atoms with Gasteiger partial charge in [-0.05, 0) is 25.0 Å². The van der Waals surface area contributed by atoms with Crippen molar-refractivity contribution < 1.29 is 9.72 Å². The van der Waals surface area contributed by atoms with E-state index in [0.29, 0.717) is 13.1 Å². The molecule has 1 amide bonds. The van der Waals surface area contributed by atoms with Gasteiger partial charge in [0.1, 0.15) is 6.33 Å². The van der Waals surface area contributed by atoms with E-state index in [9.17, 15) is 14.9 Å². The van der Waals surface area contributed by atoms with E-state index in [-0.39, 0.29) is 27.9 Å². The molecule has 0 aliphatic carbocycles. The van der Waals surface area contributed by atoms with Gasteiger partial charge < -0.3 is 4.90 Å². The summed E-state index contributed by atoms with van der Waals surface area (Å²) >= 11 is 6.00. The lowest BCUT2D eigenvalue weighted by Gasteiger charge is -2.21. The second kappa shape index (κ2) is 8.63. The van der Waals surface area contributed by atoms with Gasteiger partial charge >= 0.3 is 5.69 Å². The first-order chi connectivity index (χ1) is 13.1. The van der Waals surface area contributed by atoms with Gasteiger partial charge in [-0.15, -0.1) is 0 Å². The summed E-state index contributed by atoms with van der Waals surface area (Å²) in [5.41, 5.74) is 4.93. The molecular weight excluding hydrogens is 372 g/mol. The van der Waals surface area contributed by atoms with E-state index in [1.807, 2.05) is 4.90 Å². The first-order valence-electron chi connectivity index (χ1n) is 8.63. The summed E-state index contributed by atoms with van der Waals surface area (Å²) in [6, 6.07) is 6.51. The molecule has 0 unspecified atom stereocenters. The van der Waals surface area contributed by atoms with Gasteiger partial charge in [-0.3, -0.25) is 25.8 Å². The Morgan fingerprint density at radius 1 is 1.15 bits per heavy atom. The number of nitrogens with zero attached hydrogens (tertiary/aromatic N) is 4. The standard InChI is InChI=1S/C17H19ClN6O3/c18-13-8-4-3-7-12(13)17(25)22-21-15-14(24(26)27)16(20-11-19-15)23-9-5-1-2-6-10-23/h3-4,7-8,11H,1-2,5-6,9-10H2,(H,22,25)(H,19,20,21). The zero-order valence-corrected chi connectivity index (χ0v) is 15.3. The fourth-order valence-corrected chi connectivity index (χ4v) is 3.19. The fraction of sp³-hybridized carbons (Fsp3) is 0.353. The van der Waals surface area contributed by atoms with Crippen LogP contribution in [-0.4, -0.2) is 33.9 Å². The van der Waals surface area contributed by atoms with E-state index in [1.165, 1.54) is 6.33 Å². The predicted molar refractivity (Wildman–Crippen MR) is 102 cm³/mol. The highest BCUT2D eigenvalue weighted by atomic mass is 35.5. The molecule has 10 heteroatoms. The lowest BCUT2D eigenvalue weighted by atomic mass is 10.2. The molecule has 142 valence electrons. The van der Waals surface area contributed by atoms with Gasteiger partial charge in [0.15, 0.2) is 0 Å². The van der Waals surface area contributed by atoms with E-state index >= 15 is 0 Å². The lowest BCUT2D eigenvalue weighted by Crippen LogP contribution is -2.31. The van der Waals surface area contributed by atoms with Crippen LogP contribution in [0.3, 0.4) is 0 Å². The third-order valence-electron chi connectivity index (χ3n) is 4.30. The monoisotopic (exact) mass is 390 g/mol. The molecule has 0 saturated carbocycles. The summed E-state index contributed by atoms with van der Waals surface area (Å²) in [5.74, 6) is -0.342. The number of carbonyl (C=O) groups excluding carboxylic acids is 1. The van der Waals surface area contributed by atoms with E-state index < -0.39 is 10.8 Å². The second-order valence-corrected chi connectivity index (χ2v) is 6.52. The minimum atomic E-state index is -0.537. The molecule has 1 aliphatic rings. The normalized spacial score (nSPS) is 14.3. The smallest absolute Gasteiger partial charge is 0.351 e. The number of benzene rings is 1. The molecule has 2 heterocycles. The highest BCUT2D eigenvalue weighted by Gasteiger charge is 2.27. The first-order valence-corrected chi connectivity index (χ1v) is 9.01. The SMILES string of the molecule is O=C(NNc1ncnc(N2CCCCCC2)c1[N+](=O)[O-])c1ccccc1Cl. The zero-order chi connectivity index (χ0) is 19.2. The van der Waals surface area contributed by atoms with Gasteiger partial charge in [0.2, 0.25) is 11.6 Å². The topological polar surface area (TPSA) is 113 Å². The molecule has 0 bridgehead atoms. The van der Waals surface area contributed by atoms with Crippen molar-refractivity contribution in [3.05, 3.63) is 51.3 Å². The summed E-state index contributed by atoms with van der Waals surface area (Å²) in [7, 11) is 0. The Balaban J connectivity index is 1.83. The van der Waals surface area contributed by atoms with E-state index in [2.05, 4.69) is 20.8 Å². The van der Waals surface area contributed by atoms with Crippen LogP contribution in [0.4, 0.5) is 17.3 Å². The molecule has 9 nitrogen and oxygen atoms in total. The maximum atomic E-state index is 12.3. The number of aromatic nitrogens is 2. The van der Waals surface area contributed by atoms with Crippen LogP contribution in [0.15, 0.2) is 30.6 Å². The van der Waals surface area contributed by atoms with Crippen molar-refractivity contribution in [2.75, 3.05) is 23.4 Å². The number of hydrazine groups is 1. The average molecular weight is 391 g/mol. The molecule has 2 N–H and O–H groups in total. The number of amides is 1. The van der Waals surface area contributed by atoms with Crippen LogP contribution in [0.25, 0.3) is 0 Å². The van der Waals surface area contributed by atoms with Crippen molar-refractivity contribution in [3.63, 3.8) is 0 Å². The highest BCUT2D eigenvalue weighted by Crippen LogP contribution is 2.32. The lowest BCUT2D eigenvalue weighted by molar-refractivity contribution is -0.383. The molecule has 1 aromatic carbocycles. The largest absolute Gasteiger partial charge is 0.355 e. The minimum absolute atomic E-state index is 0.0744. The fourth-order valence-electron chi connectivity index (χ4n) is 2.97. The Labute approximate surface area is 160 Å². The maximum absolute atomic E-state index is 12.3. The van der Waals surface area contributed by atoms with Crippen LogP contribution in [-0.2, 0) is 0 Å². The van der Waals surface area contributed by atoms with Gasteiger partial charge in [0.05, 0.1) is 15.5 Å². The summed E-state index contributed by atoms with van der Waals surface area (Å²) in [6.07, 6.45) is 5.33. The Hall–Kier alpha value is -2.94. The van der Waals surface area contributed by atoms with Gasteiger partial charge in [0, 0.05) is 13.1 Å². The van der Waals surface area contributed by atoms with Gasteiger partial charge in [-0.2, -0.15) is 0 Å². The number of anilines is 2. The predicted octanol–water partition coefficient (Wildman–Crippen LogP) is 3.18. The summed E-state index contributed by atoms with van der Waals surface area (Å²) in [6.45, 7) is 1.40. The molecule has 1 aromatic heterocycles. The third-order valence-corrected chi connectivity index (χ3v) is 4.63. The highest BCUT2D eigenvalue weighted by molar-refractivity contribution is 6.33. The molecule has 27 heavy (non-hydrogen) atoms. The van der Waals surface area contributed by atoms with Crippen LogP contribution >= 0.6 is 11.6 Å².